The van der Waals surface area contributed by atoms with E-state index in [9.17, 15) is 26.3 Å². The Morgan fingerprint density at radius 3 is 2.07 bits per heavy atom. The largest absolute Gasteiger partial charge is 0.313 e. The molecule has 27 heavy (non-hydrogen) atoms. The van der Waals surface area contributed by atoms with Gasteiger partial charge in [0.25, 0.3) is 0 Å². The second kappa shape index (κ2) is 6.19. The van der Waals surface area contributed by atoms with Gasteiger partial charge < -0.3 is 4.57 Å². The highest BCUT2D eigenvalue weighted by atomic mass is 19.2. The van der Waals surface area contributed by atoms with Gasteiger partial charge in [-0.3, -0.25) is 0 Å². The van der Waals surface area contributed by atoms with Gasteiger partial charge in [-0.1, -0.05) is 30.3 Å². The van der Waals surface area contributed by atoms with E-state index in [2.05, 4.69) is 0 Å². The second-order valence-corrected chi connectivity index (χ2v) is 5.83. The van der Waals surface area contributed by atoms with E-state index in [1.807, 2.05) is 0 Å². The van der Waals surface area contributed by atoms with Gasteiger partial charge >= 0.3 is 0 Å². The summed E-state index contributed by atoms with van der Waals surface area (Å²) in [5.74, 6) is -10.5. The zero-order valence-electron chi connectivity index (χ0n) is 13.4. The molecule has 0 unspecified atom stereocenters. The van der Waals surface area contributed by atoms with Gasteiger partial charge in [0.1, 0.15) is 0 Å². The molecule has 0 saturated heterocycles. The third-order valence-corrected chi connectivity index (χ3v) is 4.30. The maximum Gasteiger partial charge on any atom is 0.199 e. The van der Waals surface area contributed by atoms with Crippen molar-refractivity contribution in [3.05, 3.63) is 89.6 Å². The van der Waals surface area contributed by atoms with Crippen molar-refractivity contribution in [1.29, 1.82) is 0 Å². The summed E-state index contributed by atoms with van der Waals surface area (Å²) in [7, 11) is 0. The van der Waals surface area contributed by atoms with Crippen LogP contribution < -0.4 is 0 Å². The molecule has 4 aromatic rings. The summed E-state index contributed by atoms with van der Waals surface area (Å²) in [6.07, 6.45) is 1.31. The Balaban J connectivity index is 2.18. The Morgan fingerprint density at radius 2 is 1.30 bits per heavy atom. The summed E-state index contributed by atoms with van der Waals surface area (Å²) in [6.45, 7) is 0. The lowest BCUT2D eigenvalue weighted by atomic mass is 10.0. The van der Waals surface area contributed by atoms with Crippen LogP contribution in [-0.4, -0.2) is 4.57 Å². The molecule has 1 nitrogen and oxygen atoms in total. The van der Waals surface area contributed by atoms with Crippen LogP contribution in [0.3, 0.4) is 0 Å². The highest BCUT2D eigenvalue weighted by Crippen LogP contribution is 2.38. The van der Waals surface area contributed by atoms with E-state index in [0.717, 1.165) is 22.8 Å². The summed E-state index contributed by atoms with van der Waals surface area (Å²) in [6, 6.07) is 10.9. The van der Waals surface area contributed by atoms with Gasteiger partial charge in [-0.2, -0.15) is 0 Å². The van der Waals surface area contributed by atoms with Crippen LogP contribution in [-0.2, 0) is 0 Å². The Hall–Kier alpha value is -3.22. The normalized spacial score (nSPS) is 11.3. The van der Waals surface area contributed by atoms with E-state index in [1.165, 1.54) is 6.20 Å². The smallest absolute Gasteiger partial charge is 0.199 e. The number of aromatic nitrogens is 1. The molecule has 1 heterocycles. The molecular weight excluding hydrogens is 368 g/mol. The van der Waals surface area contributed by atoms with Crippen molar-refractivity contribution in [2.45, 2.75) is 0 Å². The topological polar surface area (TPSA) is 4.93 Å². The fraction of sp³-hybridized carbons (Fsp3) is 0. The van der Waals surface area contributed by atoms with Crippen molar-refractivity contribution in [1.82, 2.24) is 4.57 Å². The standard InChI is InChI=1S/C20H9F6N/c21-12-6-3-5-11(15(12)22)14-16(23)17(24)18(25)19(26)20(14)27-9-8-10-4-1-2-7-13(10)27/h1-9H. The van der Waals surface area contributed by atoms with E-state index in [0.29, 0.717) is 10.9 Å². The predicted octanol–water partition coefficient (Wildman–Crippen LogP) is 6.13. The minimum absolute atomic E-state index is 0.347. The van der Waals surface area contributed by atoms with E-state index in [-0.39, 0.29) is 0 Å². The first-order chi connectivity index (χ1) is 12.9. The molecule has 0 radical (unpaired) electrons. The van der Waals surface area contributed by atoms with E-state index < -0.39 is 51.7 Å². The third kappa shape index (κ3) is 2.50. The third-order valence-electron chi connectivity index (χ3n) is 4.30. The molecule has 0 amide bonds. The SMILES string of the molecule is Fc1cccc(-c2c(F)c(F)c(F)c(F)c2-n2ccc3ccccc32)c1F. The van der Waals surface area contributed by atoms with E-state index in [1.54, 1.807) is 30.3 Å². The first kappa shape index (κ1) is 17.2. The van der Waals surface area contributed by atoms with Crippen LogP contribution in [0.5, 0.6) is 0 Å². The molecule has 0 N–H and O–H groups in total. The van der Waals surface area contributed by atoms with Crippen LogP contribution in [0.15, 0.2) is 54.7 Å². The van der Waals surface area contributed by atoms with Crippen molar-refractivity contribution in [2.75, 3.05) is 0 Å². The summed E-state index contributed by atoms with van der Waals surface area (Å²) in [5, 5.41) is 0.604. The summed E-state index contributed by atoms with van der Waals surface area (Å²) >= 11 is 0. The van der Waals surface area contributed by atoms with Gasteiger partial charge in [0.15, 0.2) is 34.9 Å². The minimum atomic E-state index is -2.11. The first-order valence-electron chi connectivity index (χ1n) is 7.78. The molecule has 136 valence electrons. The van der Waals surface area contributed by atoms with E-state index >= 15 is 0 Å². The highest BCUT2D eigenvalue weighted by Gasteiger charge is 2.29. The summed E-state index contributed by atoms with van der Waals surface area (Å²) in [4.78, 5) is 0. The van der Waals surface area contributed by atoms with Crippen molar-refractivity contribution in [3.8, 4) is 16.8 Å². The van der Waals surface area contributed by atoms with Crippen LogP contribution in [0.2, 0.25) is 0 Å². The van der Waals surface area contributed by atoms with Crippen LogP contribution in [0.25, 0.3) is 27.7 Å². The zero-order valence-corrected chi connectivity index (χ0v) is 13.4. The van der Waals surface area contributed by atoms with Crippen LogP contribution in [0.4, 0.5) is 26.3 Å². The first-order valence-corrected chi connectivity index (χ1v) is 7.78. The lowest BCUT2D eigenvalue weighted by Crippen LogP contribution is -2.09. The summed E-state index contributed by atoms with van der Waals surface area (Å²) in [5.41, 5.74) is -2.04. The molecule has 0 aliphatic rings. The fourth-order valence-electron chi connectivity index (χ4n) is 3.07. The number of hydrogen-bond acceptors (Lipinski definition) is 0. The van der Waals surface area contributed by atoms with Crippen molar-refractivity contribution >= 4 is 10.9 Å². The molecule has 7 heteroatoms. The Labute approximate surface area is 149 Å². The molecule has 0 aliphatic carbocycles. The maximum absolute atomic E-state index is 14.7. The average molecular weight is 377 g/mol. The van der Waals surface area contributed by atoms with Gasteiger partial charge in [0.05, 0.1) is 16.8 Å². The molecular formula is C20H9F6N. The van der Waals surface area contributed by atoms with Crippen LogP contribution in [0.1, 0.15) is 0 Å². The van der Waals surface area contributed by atoms with Gasteiger partial charge in [0, 0.05) is 11.8 Å². The minimum Gasteiger partial charge on any atom is -0.313 e. The molecule has 0 atom stereocenters. The zero-order chi connectivity index (χ0) is 19.3. The Bertz CT molecular complexity index is 1200. The van der Waals surface area contributed by atoms with Crippen LogP contribution >= 0.6 is 0 Å². The fourth-order valence-corrected chi connectivity index (χ4v) is 3.07. The second-order valence-electron chi connectivity index (χ2n) is 5.83. The summed E-state index contributed by atoms with van der Waals surface area (Å²) < 4.78 is 86.1. The van der Waals surface area contributed by atoms with Crippen molar-refractivity contribution in [2.24, 2.45) is 0 Å². The van der Waals surface area contributed by atoms with Crippen LogP contribution in [0, 0.1) is 34.9 Å². The van der Waals surface area contributed by atoms with Gasteiger partial charge in [-0.25, -0.2) is 26.3 Å². The Morgan fingerprint density at radius 1 is 0.593 bits per heavy atom. The number of rotatable bonds is 2. The highest BCUT2D eigenvalue weighted by molar-refractivity contribution is 5.85. The van der Waals surface area contributed by atoms with E-state index in [4.69, 9.17) is 0 Å². The predicted molar refractivity (Wildman–Crippen MR) is 88.5 cm³/mol. The molecule has 0 saturated carbocycles. The Kier molecular flexibility index (Phi) is 3.95. The molecule has 3 aromatic carbocycles. The lowest BCUT2D eigenvalue weighted by Gasteiger charge is -2.16. The van der Waals surface area contributed by atoms with Gasteiger partial charge in [-0.15, -0.1) is 0 Å². The number of hydrogen-bond donors (Lipinski definition) is 0. The molecule has 0 bridgehead atoms. The quantitative estimate of drug-likeness (QED) is 0.225. The molecule has 4 rings (SSSR count). The number of halogens is 6. The number of benzene rings is 3. The number of nitrogens with zero attached hydrogens (tertiary/aromatic N) is 1. The number of para-hydroxylation sites is 1. The average Bonchev–Trinajstić information content (AvgIpc) is 3.09. The van der Waals surface area contributed by atoms with Gasteiger partial charge in [0.2, 0.25) is 0 Å². The van der Waals surface area contributed by atoms with Crippen molar-refractivity contribution in [3.63, 3.8) is 0 Å². The molecule has 1 aromatic heterocycles. The lowest BCUT2D eigenvalue weighted by molar-refractivity contribution is 0.408. The van der Waals surface area contributed by atoms with Gasteiger partial charge in [-0.05, 0) is 23.6 Å². The number of fused-ring (bicyclic) bond motifs is 1. The molecule has 0 aliphatic heterocycles. The molecule has 0 fully saturated rings. The maximum atomic E-state index is 14.7. The monoisotopic (exact) mass is 377 g/mol. The molecule has 0 spiro atoms. The van der Waals surface area contributed by atoms with Crippen molar-refractivity contribution < 1.29 is 26.3 Å².